The van der Waals surface area contributed by atoms with Gasteiger partial charge in [-0.05, 0) is 42.8 Å². The zero-order chi connectivity index (χ0) is 16.3. The Hall–Kier alpha value is -2.41. The Bertz CT molecular complexity index is 819. The summed E-state index contributed by atoms with van der Waals surface area (Å²) in [6, 6.07) is 10.3. The number of carbonyl (C=O) groups is 1. The van der Waals surface area contributed by atoms with Crippen LogP contribution in [-0.4, -0.2) is 20.6 Å². The zero-order valence-corrected chi connectivity index (χ0v) is 12.9. The third-order valence-corrected chi connectivity index (χ3v) is 3.50. The fourth-order valence-corrected chi connectivity index (χ4v) is 2.50. The highest BCUT2D eigenvalue weighted by atomic mass is 32.2. The van der Waals surface area contributed by atoms with Crippen molar-refractivity contribution >= 4 is 27.3 Å². The van der Waals surface area contributed by atoms with Crippen molar-refractivity contribution in [3.05, 3.63) is 59.4 Å². The minimum Gasteiger partial charge on any atom is -0.319 e. The molecule has 0 atom stereocenters. The van der Waals surface area contributed by atoms with Crippen LogP contribution in [0.3, 0.4) is 0 Å². The first-order valence-electron chi connectivity index (χ1n) is 6.40. The summed E-state index contributed by atoms with van der Waals surface area (Å²) < 4.78 is 38.3. The maximum atomic E-state index is 13.5. The highest BCUT2D eigenvalue weighted by Crippen LogP contribution is 2.19. The summed E-state index contributed by atoms with van der Waals surface area (Å²) in [5, 5.41) is 2.47. The summed E-state index contributed by atoms with van der Waals surface area (Å²) in [5.41, 5.74) is 1.37. The molecule has 22 heavy (non-hydrogen) atoms. The molecule has 116 valence electrons. The second-order valence-electron chi connectivity index (χ2n) is 4.84. The number of carbonyl (C=O) groups excluding carboxylic acids is 1. The van der Waals surface area contributed by atoms with Crippen molar-refractivity contribution in [2.75, 3.05) is 16.3 Å². The van der Waals surface area contributed by atoms with Gasteiger partial charge in [-0.3, -0.25) is 9.52 Å². The molecule has 0 heterocycles. The van der Waals surface area contributed by atoms with Crippen molar-refractivity contribution in [2.24, 2.45) is 0 Å². The van der Waals surface area contributed by atoms with Crippen molar-refractivity contribution in [3.63, 3.8) is 0 Å². The molecule has 2 aromatic rings. The monoisotopic (exact) mass is 322 g/mol. The minimum atomic E-state index is -3.39. The molecule has 7 heteroatoms. The molecule has 0 bridgehead atoms. The summed E-state index contributed by atoms with van der Waals surface area (Å²) in [4.78, 5) is 12.1. The Balaban J connectivity index is 2.21. The molecule has 0 unspecified atom stereocenters. The van der Waals surface area contributed by atoms with Crippen LogP contribution >= 0.6 is 0 Å². The van der Waals surface area contributed by atoms with Crippen molar-refractivity contribution in [1.82, 2.24) is 0 Å². The van der Waals surface area contributed by atoms with Crippen LogP contribution < -0.4 is 10.0 Å². The van der Waals surface area contributed by atoms with Crippen LogP contribution in [0.1, 0.15) is 15.9 Å². The minimum absolute atomic E-state index is 0.0866. The van der Waals surface area contributed by atoms with Gasteiger partial charge in [0.15, 0.2) is 0 Å². The summed E-state index contributed by atoms with van der Waals surface area (Å²) in [5.74, 6) is -0.998. The number of rotatable bonds is 4. The molecule has 1 amide bonds. The lowest BCUT2D eigenvalue weighted by Crippen LogP contribution is -2.14. The van der Waals surface area contributed by atoms with Gasteiger partial charge < -0.3 is 5.32 Å². The van der Waals surface area contributed by atoms with Crippen LogP contribution in [0.5, 0.6) is 0 Å². The summed E-state index contributed by atoms with van der Waals surface area (Å²) in [6.07, 6.45) is 1.05. The van der Waals surface area contributed by atoms with Crippen molar-refractivity contribution < 1.29 is 17.6 Å². The molecule has 2 aromatic carbocycles. The third kappa shape index (κ3) is 4.05. The largest absolute Gasteiger partial charge is 0.319 e. The molecule has 0 aliphatic rings. The summed E-state index contributed by atoms with van der Waals surface area (Å²) in [7, 11) is -3.39. The Labute approximate surface area is 128 Å². The van der Waals surface area contributed by atoms with E-state index in [0.29, 0.717) is 16.8 Å². The number of halogens is 1. The number of nitrogens with one attached hydrogen (secondary N) is 2. The van der Waals surface area contributed by atoms with E-state index in [2.05, 4.69) is 10.0 Å². The third-order valence-electron chi connectivity index (χ3n) is 2.91. The van der Waals surface area contributed by atoms with Gasteiger partial charge in [0.1, 0.15) is 5.82 Å². The summed E-state index contributed by atoms with van der Waals surface area (Å²) >= 11 is 0. The fourth-order valence-electron chi connectivity index (χ4n) is 1.88. The second kappa shape index (κ2) is 6.15. The molecule has 0 spiro atoms. The maximum Gasteiger partial charge on any atom is 0.255 e. The van der Waals surface area contributed by atoms with Gasteiger partial charge in [0.2, 0.25) is 10.0 Å². The first kappa shape index (κ1) is 16.0. The van der Waals surface area contributed by atoms with E-state index in [-0.39, 0.29) is 5.69 Å². The Morgan fingerprint density at radius 1 is 1.09 bits per heavy atom. The van der Waals surface area contributed by atoms with Gasteiger partial charge in [0.25, 0.3) is 5.91 Å². The molecule has 0 aliphatic carbocycles. The first-order chi connectivity index (χ1) is 10.3. The number of benzene rings is 2. The topological polar surface area (TPSA) is 75.3 Å². The molecule has 0 saturated heterocycles. The van der Waals surface area contributed by atoms with Crippen molar-refractivity contribution in [1.29, 1.82) is 0 Å². The molecule has 5 nitrogen and oxygen atoms in total. The van der Waals surface area contributed by atoms with Gasteiger partial charge in [0, 0.05) is 5.56 Å². The number of hydrogen-bond acceptors (Lipinski definition) is 3. The highest BCUT2D eigenvalue weighted by Gasteiger charge is 2.11. The molecule has 2 rings (SSSR count). The zero-order valence-electron chi connectivity index (χ0n) is 12.1. The van der Waals surface area contributed by atoms with Gasteiger partial charge >= 0.3 is 0 Å². The van der Waals surface area contributed by atoms with E-state index in [1.54, 1.807) is 13.0 Å². The predicted octanol–water partition coefficient (Wildman–Crippen LogP) is 2.76. The molecule has 0 saturated carbocycles. The lowest BCUT2D eigenvalue weighted by atomic mass is 10.1. The number of sulfonamides is 1. The Morgan fingerprint density at radius 3 is 2.36 bits per heavy atom. The molecule has 0 aliphatic heterocycles. The van der Waals surface area contributed by atoms with Crippen molar-refractivity contribution in [3.8, 4) is 0 Å². The maximum absolute atomic E-state index is 13.5. The van der Waals surface area contributed by atoms with Gasteiger partial charge in [-0.25, -0.2) is 12.8 Å². The van der Waals surface area contributed by atoms with Crippen LogP contribution in [0.2, 0.25) is 0 Å². The molecular weight excluding hydrogens is 307 g/mol. The van der Waals surface area contributed by atoms with Gasteiger partial charge in [0.05, 0.1) is 17.6 Å². The Kier molecular flexibility index (Phi) is 4.46. The average molecular weight is 322 g/mol. The molecule has 0 aromatic heterocycles. The smallest absolute Gasteiger partial charge is 0.255 e. The number of anilines is 2. The number of aryl methyl sites for hydroxylation is 1. The highest BCUT2D eigenvalue weighted by molar-refractivity contribution is 7.92. The normalized spacial score (nSPS) is 11.0. The van der Waals surface area contributed by atoms with E-state index in [9.17, 15) is 17.6 Å². The standard InChI is InChI=1S/C15H15FN2O3S/c1-10-9-11(7-8-13(10)18-22(2,20)21)15(19)17-14-6-4-3-5-12(14)16/h3-9,18H,1-2H3,(H,17,19). The van der Waals surface area contributed by atoms with Crippen LogP contribution in [0.15, 0.2) is 42.5 Å². The van der Waals surface area contributed by atoms with Gasteiger partial charge in [-0.15, -0.1) is 0 Å². The molecule has 2 N–H and O–H groups in total. The fraction of sp³-hybridized carbons (Fsp3) is 0.133. The lowest BCUT2D eigenvalue weighted by molar-refractivity contribution is 0.102. The van der Waals surface area contributed by atoms with E-state index in [1.165, 1.54) is 36.4 Å². The van der Waals surface area contributed by atoms with Crippen LogP contribution in [-0.2, 0) is 10.0 Å². The van der Waals surface area contributed by atoms with Crippen LogP contribution in [0.25, 0.3) is 0 Å². The van der Waals surface area contributed by atoms with Crippen molar-refractivity contribution in [2.45, 2.75) is 6.92 Å². The van der Waals surface area contributed by atoms with E-state index >= 15 is 0 Å². The first-order valence-corrected chi connectivity index (χ1v) is 8.30. The SMILES string of the molecule is Cc1cc(C(=O)Nc2ccccc2F)ccc1NS(C)(=O)=O. The van der Waals surface area contributed by atoms with E-state index in [1.807, 2.05) is 0 Å². The average Bonchev–Trinajstić information content (AvgIpc) is 2.42. The lowest BCUT2D eigenvalue weighted by Gasteiger charge is -2.10. The van der Waals surface area contributed by atoms with Crippen LogP contribution in [0, 0.1) is 12.7 Å². The number of hydrogen-bond donors (Lipinski definition) is 2. The van der Waals surface area contributed by atoms with Gasteiger partial charge in [-0.2, -0.15) is 0 Å². The van der Waals surface area contributed by atoms with E-state index < -0.39 is 21.7 Å². The second-order valence-corrected chi connectivity index (χ2v) is 6.59. The van der Waals surface area contributed by atoms with E-state index in [4.69, 9.17) is 0 Å². The molecular formula is C15H15FN2O3S. The van der Waals surface area contributed by atoms with E-state index in [0.717, 1.165) is 6.26 Å². The van der Waals surface area contributed by atoms with Crippen LogP contribution in [0.4, 0.5) is 15.8 Å². The van der Waals surface area contributed by atoms with Gasteiger partial charge in [-0.1, -0.05) is 12.1 Å². The predicted molar refractivity (Wildman–Crippen MR) is 84.0 cm³/mol. The molecule has 0 fully saturated rings. The molecule has 0 radical (unpaired) electrons. The Morgan fingerprint density at radius 2 is 1.77 bits per heavy atom. The summed E-state index contributed by atoms with van der Waals surface area (Å²) in [6.45, 7) is 1.67. The quantitative estimate of drug-likeness (QED) is 0.909. The number of amides is 1. The number of para-hydroxylation sites is 1.